The number of rotatable bonds is 2. The molecule has 1 unspecified atom stereocenters. The minimum atomic E-state index is 0.451. The summed E-state index contributed by atoms with van der Waals surface area (Å²) < 4.78 is 0. The smallest absolute Gasteiger partial charge is 0.0318 e. The van der Waals surface area contributed by atoms with E-state index in [0.29, 0.717) is 6.04 Å². The summed E-state index contributed by atoms with van der Waals surface area (Å²) in [4.78, 5) is 2.10. The number of hydrogen-bond donors (Lipinski definition) is 0. The summed E-state index contributed by atoms with van der Waals surface area (Å²) in [5, 5.41) is 0. The fraction of sp³-hybridized carbons (Fsp3) is 0.571. The largest absolute Gasteiger partial charge is 0.303 e. The van der Waals surface area contributed by atoms with Crippen molar-refractivity contribution in [3.63, 3.8) is 0 Å². The van der Waals surface area contributed by atoms with Crippen molar-refractivity contribution in [1.82, 2.24) is 4.90 Å². The Balaban J connectivity index is 3.63. The van der Waals surface area contributed by atoms with E-state index in [1.807, 2.05) is 20.2 Å². The van der Waals surface area contributed by atoms with Gasteiger partial charge in [-0.15, -0.1) is 5.73 Å². The maximum atomic E-state index is 3.48. The third-order valence-corrected chi connectivity index (χ3v) is 1.17. The van der Waals surface area contributed by atoms with Crippen LogP contribution in [0, 0.1) is 0 Å². The Morgan fingerprint density at radius 1 is 1.62 bits per heavy atom. The van der Waals surface area contributed by atoms with Crippen molar-refractivity contribution in [3.05, 3.63) is 18.4 Å². The fourth-order valence-corrected chi connectivity index (χ4v) is 0.320. The first kappa shape index (κ1) is 7.48. The molecule has 0 aromatic rings. The van der Waals surface area contributed by atoms with Gasteiger partial charge in [-0.1, -0.05) is 6.58 Å². The zero-order valence-corrected chi connectivity index (χ0v) is 5.81. The van der Waals surface area contributed by atoms with E-state index in [2.05, 4.69) is 24.1 Å². The highest BCUT2D eigenvalue weighted by atomic mass is 15.1. The molecule has 0 saturated heterocycles. The predicted octanol–water partition coefficient (Wildman–Crippen LogP) is 1.28. The second-order valence-corrected chi connectivity index (χ2v) is 2.08. The molecule has 0 aromatic carbocycles. The number of hydrogen-bond acceptors (Lipinski definition) is 1. The monoisotopic (exact) mass is 111 g/mol. The van der Waals surface area contributed by atoms with Crippen LogP contribution >= 0.6 is 0 Å². The summed E-state index contributed by atoms with van der Waals surface area (Å²) in [5.41, 5.74) is 2.73. The molecule has 8 heavy (non-hydrogen) atoms. The minimum absolute atomic E-state index is 0.451. The van der Waals surface area contributed by atoms with Gasteiger partial charge in [0.1, 0.15) is 0 Å². The van der Waals surface area contributed by atoms with Gasteiger partial charge in [0.2, 0.25) is 0 Å². The van der Waals surface area contributed by atoms with E-state index in [1.54, 1.807) is 0 Å². The SMILES string of the molecule is C=C=CC(C)N(C)C. The second-order valence-electron chi connectivity index (χ2n) is 2.08. The normalized spacial score (nSPS) is 13.0. The van der Waals surface area contributed by atoms with Gasteiger partial charge in [0.25, 0.3) is 0 Å². The molecule has 0 spiro atoms. The van der Waals surface area contributed by atoms with Gasteiger partial charge in [0.15, 0.2) is 0 Å². The highest BCUT2D eigenvalue weighted by molar-refractivity contribution is 4.86. The lowest BCUT2D eigenvalue weighted by Crippen LogP contribution is -2.21. The summed E-state index contributed by atoms with van der Waals surface area (Å²) >= 11 is 0. The fourth-order valence-electron chi connectivity index (χ4n) is 0.320. The molecule has 46 valence electrons. The van der Waals surface area contributed by atoms with Gasteiger partial charge >= 0.3 is 0 Å². The predicted molar refractivity (Wildman–Crippen MR) is 36.9 cm³/mol. The lowest BCUT2D eigenvalue weighted by Gasteiger charge is -2.13. The molecule has 0 fully saturated rings. The summed E-state index contributed by atoms with van der Waals surface area (Å²) in [7, 11) is 4.05. The first-order valence-electron chi connectivity index (χ1n) is 2.71. The molecular weight excluding hydrogens is 98.1 g/mol. The summed E-state index contributed by atoms with van der Waals surface area (Å²) in [6, 6.07) is 0.451. The van der Waals surface area contributed by atoms with E-state index >= 15 is 0 Å². The molecule has 0 heterocycles. The number of likely N-dealkylation sites (N-methyl/N-ethyl adjacent to an activating group) is 1. The highest BCUT2D eigenvalue weighted by Crippen LogP contribution is 1.89. The highest BCUT2D eigenvalue weighted by Gasteiger charge is 1.95. The molecule has 0 radical (unpaired) electrons. The Morgan fingerprint density at radius 3 is 2.25 bits per heavy atom. The summed E-state index contributed by atoms with van der Waals surface area (Å²) in [6.07, 6.45) is 1.93. The molecule has 1 heteroatoms. The molecule has 1 atom stereocenters. The molecule has 0 aliphatic carbocycles. The maximum absolute atomic E-state index is 3.48. The van der Waals surface area contributed by atoms with Gasteiger partial charge in [0.05, 0.1) is 0 Å². The van der Waals surface area contributed by atoms with Crippen molar-refractivity contribution in [2.24, 2.45) is 0 Å². The van der Waals surface area contributed by atoms with Crippen molar-refractivity contribution in [2.75, 3.05) is 14.1 Å². The van der Waals surface area contributed by atoms with Gasteiger partial charge in [-0.25, -0.2) is 0 Å². The maximum Gasteiger partial charge on any atom is 0.0318 e. The van der Waals surface area contributed by atoms with Crippen LogP contribution in [0.1, 0.15) is 6.92 Å². The van der Waals surface area contributed by atoms with Crippen molar-refractivity contribution in [1.29, 1.82) is 0 Å². The lowest BCUT2D eigenvalue weighted by molar-refractivity contribution is 0.364. The standard InChI is InChI=1S/C7H13N/c1-5-6-7(2)8(3)4/h6-7H,1H2,2-4H3. The Hall–Kier alpha value is -0.520. The van der Waals surface area contributed by atoms with Crippen LogP contribution in [0.3, 0.4) is 0 Å². The van der Waals surface area contributed by atoms with Crippen LogP contribution in [0.4, 0.5) is 0 Å². The molecular formula is C7H13N. The molecule has 0 aliphatic heterocycles. The molecule has 0 saturated carbocycles. The minimum Gasteiger partial charge on any atom is -0.303 e. The first-order valence-corrected chi connectivity index (χ1v) is 2.71. The van der Waals surface area contributed by atoms with E-state index in [9.17, 15) is 0 Å². The third kappa shape index (κ3) is 2.62. The quantitative estimate of drug-likeness (QED) is 0.485. The van der Waals surface area contributed by atoms with Crippen molar-refractivity contribution < 1.29 is 0 Å². The molecule has 0 amide bonds. The lowest BCUT2D eigenvalue weighted by atomic mass is 10.3. The number of nitrogens with zero attached hydrogens (tertiary/aromatic N) is 1. The van der Waals surface area contributed by atoms with Gasteiger partial charge < -0.3 is 4.90 Å². The molecule has 1 nitrogen and oxygen atoms in total. The Morgan fingerprint density at radius 2 is 2.12 bits per heavy atom. The Bertz CT molecular complexity index is 99.0. The van der Waals surface area contributed by atoms with E-state index in [-0.39, 0.29) is 0 Å². The molecule has 0 aromatic heterocycles. The zero-order chi connectivity index (χ0) is 6.57. The average molecular weight is 111 g/mol. The van der Waals surface area contributed by atoms with Gasteiger partial charge in [-0.3, -0.25) is 0 Å². The van der Waals surface area contributed by atoms with Gasteiger partial charge in [0, 0.05) is 6.04 Å². The van der Waals surface area contributed by atoms with Gasteiger partial charge in [-0.2, -0.15) is 0 Å². The van der Waals surface area contributed by atoms with Crippen molar-refractivity contribution in [3.8, 4) is 0 Å². The van der Waals surface area contributed by atoms with E-state index < -0.39 is 0 Å². The summed E-state index contributed by atoms with van der Waals surface area (Å²) in [5.74, 6) is 0. The average Bonchev–Trinajstić information content (AvgIpc) is 1.67. The van der Waals surface area contributed by atoms with Crippen LogP contribution in [0.15, 0.2) is 18.4 Å². The Labute approximate surface area is 51.3 Å². The van der Waals surface area contributed by atoms with E-state index in [1.165, 1.54) is 0 Å². The van der Waals surface area contributed by atoms with Crippen LogP contribution in [0.5, 0.6) is 0 Å². The van der Waals surface area contributed by atoms with E-state index in [0.717, 1.165) is 0 Å². The first-order chi connectivity index (χ1) is 3.68. The van der Waals surface area contributed by atoms with Crippen LogP contribution in [0.2, 0.25) is 0 Å². The zero-order valence-electron chi connectivity index (χ0n) is 5.81. The van der Waals surface area contributed by atoms with E-state index in [4.69, 9.17) is 0 Å². The van der Waals surface area contributed by atoms with Crippen molar-refractivity contribution in [2.45, 2.75) is 13.0 Å². The van der Waals surface area contributed by atoms with Crippen LogP contribution in [-0.2, 0) is 0 Å². The molecule has 0 N–H and O–H groups in total. The molecule has 0 aliphatic rings. The van der Waals surface area contributed by atoms with Crippen LogP contribution < -0.4 is 0 Å². The third-order valence-electron chi connectivity index (χ3n) is 1.17. The molecule has 0 bridgehead atoms. The molecule has 0 rings (SSSR count). The Kier molecular flexibility index (Phi) is 3.25. The summed E-state index contributed by atoms with van der Waals surface area (Å²) in [6.45, 7) is 5.57. The van der Waals surface area contributed by atoms with Gasteiger partial charge in [-0.05, 0) is 27.1 Å². The van der Waals surface area contributed by atoms with Crippen molar-refractivity contribution >= 4 is 0 Å². The van der Waals surface area contributed by atoms with Crippen LogP contribution in [0.25, 0.3) is 0 Å². The topological polar surface area (TPSA) is 3.24 Å². The second kappa shape index (κ2) is 3.48. The van der Waals surface area contributed by atoms with Crippen LogP contribution in [-0.4, -0.2) is 25.0 Å².